The standard InChI is InChI=1S/C15H19NO2/c1-12(2)11-16(3)15(18)14-9-5-4-7-13(14)8-6-10-17/h4-5,7,9,12,17H,10-11H2,1-3H3. The molecule has 0 saturated carbocycles. The zero-order valence-electron chi connectivity index (χ0n) is 11.1. The Morgan fingerprint density at radius 3 is 2.67 bits per heavy atom. The van der Waals surface area contributed by atoms with Crippen LogP contribution < -0.4 is 0 Å². The van der Waals surface area contributed by atoms with Crippen LogP contribution in [-0.4, -0.2) is 36.1 Å². The summed E-state index contributed by atoms with van der Waals surface area (Å²) in [5, 5.41) is 8.72. The van der Waals surface area contributed by atoms with Crippen LogP contribution in [0.15, 0.2) is 24.3 Å². The molecule has 3 nitrogen and oxygen atoms in total. The molecule has 1 aromatic carbocycles. The van der Waals surface area contributed by atoms with E-state index < -0.39 is 0 Å². The van der Waals surface area contributed by atoms with Gasteiger partial charge in [-0.1, -0.05) is 37.8 Å². The summed E-state index contributed by atoms with van der Waals surface area (Å²) in [5.41, 5.74) is 1.24. The van der Waals surface area contributed by atoms with Crippen molar-refractivity contribution in [2.45, 2.75) is 13.8 Å². The van der Waals surface area contributed by atoms with Gasteiger partial charge in [-0.2, -0.15) is 0 Å². The first-order valence-electron chi connectivity index (χ1n) is 6.00. The third-order valence-electron chi connectivity index (χ3n) is 2.45. The van der Waals surface area contributed by atoms with Crippen LogP contribution in [0.2, 0.25) is 0 Å². The van der Waals surface area contributed by atoms with Crippen molar-refractivity contribution < 1.29 is 9.90 Å². The van der Waals surface area contributed by atoms with Crippen LogP contribution in [0.5, 0.6) is 0 Å². The summed E-state index contributed by atoms with van der Waals surface area (Å²) in [4.78, 5) is 14.0. The van der Waals surface area contributed by atoms with Gasteiger partial charge in [0.05, 0.1) is 5.56 Å². The van der Waals surface area contributed by atoms with Gasteiger partial charge in [0.25, 0.3) is 5.91 Å². The zero-order chi connectivity index (χ0) is 13.5. The molecule has 3 heteroatoms. The van der Waals surface area contributed by atoms with Crippen LogP contribution in [0.4, 0.5) is 0 Å². The highest BCUT2D eigenvalue weighted by Crippen LogP contribution is 2.11. The molecule has 1 amide bonds. The van der Waals surface area contributed by atoms with Gasteiger partial charge in [0.1, 0.15) is 6.61 Å². The summed E-state index contributed by atoms with van der Waals surface area (Å²) >= 11 is 0. The van der Waals surface area contributed by atoms with Crippen LogP contribution in [-0.2, 0) is 0 Å². The van der Waals surface area contributed by atoms with E-state index >= 15 is 0 Å². The third kappa shape index (κ3) is 3.90. The fraction of sp³-hybridized carbons (Fsp3) is 0.400. The number of amides is 1. The summed E-state index contributed by atoms with van der Waals surface area (Å²) in [5.74, 6) is 5.77. The molecule has 1 aromatic rings. The Morgan fingerprint density at radius 1 is 1.39 bits per heavy atom. The normalized spacial score (nSPS) is 9.83. The molecule has 0 saturated heterocycles. The average molecular weight is 245 g/mol. The summed E-state index contributed by atoms with van der Waals surface area (Å²) in [7, 11) is 1.79. The molecule has 18 heavy (non-hydrogen) atoms. The van der Waals surface area contributed by atoms with Gasteiger partial charge in [0.15, 0.2) is 0 Å². The van der Waals surface area contributed by atoms with Crippen molar-refractivity contribution in [1.29, 1.82) is 0 Å². The fourth-order valence-corrected chi connectivity index (χ4v) is 1.75. The summed E-state index contributed by atoms with van der Waals surface area (Å²) < 4.78 is 0. The van der Waals surface area contributed by atoms with Crippen LogP contribution in [0.25, 0.3) is 0 Å². The Hall–Kier alpha value is -1.79. The second kappa shape index (κ2) is 6.83. The van der Waals surface area contributed by atoms with E-state index in [4.69, 9.17) is 5.11 Å². The number of benzene rings is 1. The number of hydrogen-bond acceptors (Lipinski definition) is 2. The number of nitrogens with zero attached hydrogens (tertiary/aromatic N) is 1. The fourth-order valence-electron chi connectivity index (χ4n) is 1.75. The molecule has 0 aliphatic heterocycles. The molecule has 1 rings (SSSR count). The largest absolute Gasteiger partial charge is 0.384 e. The summed E-state index contributed by atoms with van der Waals surface area (Å²) in [6, 6.07) is 7.21. The second-order valence-electron chi connectivity index (χ2n) is 4.58. The van der Waals surface area contributed by atoms with Gasteiger partial charge in [0, 0.05) is 19.2 Å². The Balaban J connectivity index is 2.98. The van der Waals surface area contributed by atoms with Crippen molar-refractivity contribution in [3.63, 3.8) is 0 Å². The molecule has 0 aliphatic rings. The molecule has 0 aliphatic carbocycles. The van der Waals surface area contributed by atoms with Crippen molar-refractivity contribution in [3.05, 3.63) is 35.4 Å². The first-order valence-corrected chi connectivity index (χ1v) is 6.00. The quantitative estimate of drug-likeness (QED) is 0.824. The van der Waals surface area contributed by atoms with Crippen LogP contribution >= 0.6 is 0 Å². The number of rotatable bonds is 3. The van der Waals surface area contributed by atoms with Gasteiger partial charge >= 0.3 is 0 Å². The lowest BCUT2D eigenvalue weighted by molar-refractivity contribution is 0.0779. The molecular formula is C15H19NO2. The van der Waals surface area contributed by atoms with Crippen molar-refractivity contribution in [2.24, 2.45) is 5.92 Å². The maximum absolute atomic E-state index is 12.3. The molecule has 0 aromatic heterocycles. The number of hydrogen-bond donors (Lipinski definition) is 1. The Bertz CT molecular complexity index is 469. The highest BCUT2D eigenvalue weighted by molar-refractivity contribution is 5.96. The van der Waals surface area contributed by atoms with Crippen molar-refractivity contribution in [1.82, 2.24) is 4.90 Å². The minimum atomic E-state index is -0.204. The molecule has 96 valence electrons. The van der Waals surface area contributed by atoms with E-state index in [1.807, 2.05) is 12.1 Å². The van der Waals surface area contributed by atoms with Crippen LogP contribution in [0.3, 0.4) is 0 Å². The van der Waals surface area contributed by atoms with Crippen molar-refractivity contribution in [3.8, 4) is 11.8 Å². The minimum absolute atomic E-state index is 0.0356. The van der Waals surface area contributed by atoms with Gasteiger partial charge in [-0.05, 0) is 18.1 Å². The van der Waals surface area contributed by atoms with Gasteiger partial charge in [0.2, 0.25) is 0 Å². The number of aliphatic hydroxyl groups is 1. The first-order chi connectivity index (χ1) is 8.56. The van der Waals surface area contributed by atoms with E-state index in [0.29, 0.717) is 23.6 Å². The number of carbonyl (C=O) groups is 1. The van der Waals surface area contributed by atoms with Crippen LogP contribution in [0, 0.1) is 17.8 Å². The highest BCUT2D eigenvalue weighted by atomic mass is 16.2. The van der Waals surface area contributed by atoms with Gasteiger partial charge in [-0.3, -0.25) is 4.79 Å². The van der Waals surface area contributed by atoms with E-state index in [9.17, 15) is 4.79 Å². The molecule has 0 heterocycles. The van der Waals surface area contributed by atoms with Gasteiger partial charge < -0.3 is 10.0 Å². The van der Waals surface area contributed by atoms with E-state index in [0.717, 1.165) is 0 Å². The molecule has 0 bridgehead atoms. The predicted molar refractivity (Wildman–Crippen MR) is 72.2 cm³/mol. The monoisotopic (exact) mass is 245 g/mol. The lowest BCUT2D eigenvalue weighted by Gasteiger charge is -2.20. The van der Waals surface area contributed by atoms with E-state index in [2.05, 4.69) is 25.7 Å². The van der Waals surface area contributed by atoms with Crippen molar-refractivity contribution in [2.75, 3.05) is 20.2 Å². The van der Waals surface area contributed by atoms with Gasteiger partial charge in [-0.25, -0.2) is 0 Å². The van der Waals surface area contributed by atoms with E-state index in [1.165, 1.54) is 0 Å². The SMILES string of the molecule is CC(C)CN(C)C(=O)c1ccccc1C#CCO. The maximum Gasteiger partial charge on any atom is 0.254 e. The molecular weight excluding hydrogens is 226 g/mol. The lowest BCUT2D eigenvalue weighted by atomic mass is 10.1. The predicted octanol–water partition coefficient (Wildman–Crippen LogP) is 1.76. The average Bonchev–Trinajstić information content (AvgIpc) is 2.35. The zero-order valence-corrected chi connectivity index (χ0v) is 11.1. The Labute approximate surface area is 108 Å². The number of carbonyl (C=O) groups excluding carboxylic acids is 1. The van der Waals surface area contributed by atoms with E-state index in [1.54, 1.807) is 24.1 Å². The van der Waals surface area contributed by atoms with Crippen molar-refractivity contribution >= 4 is 5.91 Å². The van der Waals surface area contributed by atoms with Crippen LogP contribution in [0.1, 0.15) is 29.8 Å². The second-order valence-corrected chi connectivity index (χ2v) is 4.58. The molecule has 0 unspecified atom stereocenters. The summed E-state index contributed by atoms with van der Waals surface area (Å²) in [6.07, 6.45) is 0. The highest BCUT2D eigenvalue weighted by Gasteiger charge is 2.15. The number of aliphatic hydroxyl groups excluding tert-OH is 1. The van der Waals surface area contributed by atoms with E-state index in [-0.39, 0.29) is 12.5 Å². The topological polar surface area (TPSA) is 40.5 Å². The lowest BCUT2D eigenvalue weighted by Crippen LogP contribution is -2.30. The molecule has 0 atom stereocenters. The summed E-state index contributed by atoms with van der Waals surface area (Å²) in [6.45, 7) is 4.65. The molecule has 0 radical (unpaired) electrons. The Kier molecular flexibility index (Phi) is 5.41. The smallest absolute Gasteiger partial charge is 0.254 e. The third-order valence-corrected chi connectivity index (χ3v) is 2.45. The Morgan fingerprint density at radius 2 is 2.06 bits per heavy atom. The van der Waals surface area contributed by atoms with Gasteiger partial charge in [-0.15, -0.1) is 0 Å². The molecule has 0 fully saturated rings. The maximum atomic E-state index is 12.3. The first kappa shape index (κ1) is 14.3. The molecule has 0 spiro atoms. The minimum Gasteiger partial charge on any atom is -0.384 e. The molecule has 1 N–H and O–H groups in total.